The van der Waals surface area contributed by atoms with Gasteiger partial charge in [0.15, 0.2) is 0 Å². The molecule has 0 N–H and O–H groups in total. The molecule has 1 nitrogen and oxygen atoms in total. The minimum absolute atomic E-state index is 1.13. The van der Waals surface area contributed by atoms with Crippen LogP contribution in [0.15, 0.2) is 18.3 Å². The molecule has 0 saturated carbocycles. The predicted molar refractivity (Wildman–Crippen MR) is 60.7 cm³/mol. The van der Waals surface area contributed by atoms with Crippen LogP contribution >= 0.6 is 0 Å². The fourth-order valence-electron chi connectivity index (χ4n) is 2.06. The van der Waals surface area contributed by atoms with Gasteiger partial charge in [-0.1, -0.05) is 11.6 Å². The van der Waals surface area contributed by atoms with Crippen LogP contribution in [0.1, 0.15) is 22.4 Å². The van der Waals surface area contributed by atoms with Gasteiger partial charge in [-0.05, 0) is 50.3 Å². The molecule has 72 valence electrons. The highest BCUT2D eigenvalue weighted by Crippen LogP contribution is 2.24. The summed E-state index contributed by atoms with van der Waals surface area (Å²) in [5.41, 5.74) is 5.09. The fourth-order valence-corrected chi connectivity index (χ4v) is 2.06. The second kappa shape index (κ2) is 3.09. The van der Waals surface area contributed by atoms with Gasteiger partial charge >= 0.3 is 0 Å². The molecule has 0 amide bonds. The first-order valence-electron chi connectivity index (χ1n) is 4.93. The molecule has 0 aliphatic rings. The molecule has 1 heterocycles. The Labute approximate surface area is 84.8 Å². The maximum absolute atomic E-state index is 4.39. The van der Waals surface area contributed by atoms with Crippen molar-refractivity contribution < 1.29 is 0 Å². The maximum Gasteiger partial charge on any atom is 0.0408 e. The van der Waals surface area contributed by atoms with Gasteiger partial charge in [0.25, 0.3) is 0 Å². The minimum atomic E-state index is 1.13. The van der Waals surface area contributed by atoms with E-state index in [4.69, 9.17) is 0 Å². The van der Waals surface area contributed by atoms with Crippen LogP contribution in [0.25, 0.3) is 10.8 Å². The first kappa shape index (κ1) is 9.20. The Kier molecular flexibility index (Phi) is 2.03. The van der Waals surface area contributed by atoms with Crippen LogP contribution in [0.4, 0.5) is 0 Å². The molecule has 0 fully saturated rings. The summed E-state index contributed by atoms with van der Waals surface area (Å²) in [7, 11) is 0. The van der Waals surface area contributed by atoms with Crippen molar-refractivity contribution in [3.05, 3.63) is 40.7 Å². The number of rotatable bonds is 0. The third kappa shape index (κ3) is 1.29. The second-order valence-electron chi connectivity index (χ2n) is 4.01. The molecule has 14 heavy (non-hydrogen) atoms. The monoisotopic (exact) mass is 185 g/mol. The van der Waals surface area contributed by atoms with E-state index < -0.39 is 0 Å². The lowest BCUT2D eigenvalue weighted by atomic mass is 9.99. The Morgan fingerprint density at radius 2 is 1.71 bits per heavy atom. The lowest BCUT2D eigenvalue weighted by Crippen LogP contribution is -1.91. The maximum atomic E-state index is 4.39. The molecule has 1 heteroatoms. The van der Waals surface area contributed by atoms with Gasteiger partial charge in [-0.3, -0.25) is 4.98 Å². The van der Waals surface area contributed by atoms with Crippen LogP contribution < -0.4 is 0 Å². The Balaban J connectivity index is 2.95. The van der Waals surface area contributed by atoms with Crippen molar-refractivity contribution in [3.63, 3.8) is 0 Å². The van der Waals surface area contributed by atoms with Crippen molar-refractivity contribution in [1.82, 2.24) is 4.98 Å². The average Bonchev–Trinajstić information content (AvgIpc) is 2.10. The highest BCUT2D eigenvalue weighted by atomic mass is 14.7. The van der Waals surface area contributed by atoms with Gasteiger partial charge in [-0.15, -0.1) is 0 Å². The number of pyridine rings is 1. The van der Waals surface area contributed by atoms with Crippen molar-refractivity contribution in [2.45, 2.75) is 27.7 Å². The lowest BCUT2D eigenvalue weighted by molar-refractivity contribution is 1.17. The van der Waals surface area contributed by atoms with E-state index in [0.717, 1.165) is 5.69 Å². The quantitative estimate of drug-likeness (QED) is 0.612. The summed E-state index contributed by atoms with van der Waals surface area (Å²) < 4.78 is 0. The van der Waals surface area contributed by atoms with Gasteiger partial charge in [-0.25, -0.2) is 0 Å². The summed E-state index contributed by atoms with van der Waals surface area (Å²) in [5.74, 6) is 0. The zero-order valence-corrected chi connectivity index (χ0v) is 9.18. The van der Waals surface area contributed by atoms with Crippen LogP contribution in [-0.2, 0) is 0 Å². The van der Waals surface area contributed by atoms with E-state index in [1.54, 1.807) is 0 Å². The van der Waals surface area contributed by atoms with Gasteiger partial charge in [-0.2, -0.15) is 0 Å². The Bertz CT molecular complexity index is 498. The number of hydrogen-bond acceptors (Lipinski definition) is 1. The third-order valence-corrected chi connectivity index (χ3v) is 2.83. The normalized spacial score (nSPS) is 10.9. The van der Waals surface area contributed by atoms with E-state index in [2.05, 4.69) is 44.8 Å². The SMILES string of the molecule is Cc1cc(C)c2c(C)c(C)ncc2c1. The van der Waals surface area contributed by atoms with Gasteiger partial charge in [0.2, 0.25) is 0 Å². The van der Waals surface area contributed by atoms with Crippen LogP contribution in [-0.4, -0.2) is 4.98 Å². The molecule has 0 saturated heterocycles. The van der Waals surface area contributed by atoms with Crippen LogP contribution in [0.2, 0.25) is 0 Å². The van der Waals surface area contributed by atoms with Crippen molar-refractivity contribution in [1.29, 1.82) is 0 Å². The van der Waals surface area contributed by atoms with Crippen molar-refractivity contribution >= 4 is 10.8 Å². The average molecular weight is 185 g/mol. The first-order chi connectivity index (χ1) is 6.59. The topological polar surface area (TPSA) is 12.9 Å². The van der Waals surface area contributed by atoms with E-state index in [0.29, 0.717) is 0 Å². The summed E-state index contributed by atoms with van der Waals surface area (Å²) in [6.45, 7) is 8.50. The Hall–Kier alpha value is -1.37. The van der Waals surface area contributed by atoms with Crippen molar-refractivity contribution in [3.8, 4) is 0 Å². The molecular weight excluding hydrogens is 170 g/mol. The summed E-state index contributed by atoms with van der Waals surface area (Å²) in [6.07, 6.45) is 1.97. The largest absolute Gasteiger partial charge is 0.261 e. The molecule has 0 unspecified atom stereocenters. The molecule has 0 aliphatic carbocycles. The van der Waals surface area contributed by atoms with Crippen molar-refractivity contribution in [2.75, 3.05) is 0 Å². The van der Waals surface area contributed by atoms with E-state index in [-0.39, 0.29) is 0 Å². The third-order valence-electron chi connectivity index (χ3n) is 2.83. The summed E-state index contributed by atoms with van der Waals surface area (Å²) in [6, 6.07) is 4.43. The summed E-state index contributed by atoms with van der Waals surface area (Å²) in [5, 5.41) is 2.62. The fraction of sp³-hybridized carbons (Fsp3) is 0.308. The molecule has 0 bridgehead atoms. The highest BCUT2D eigenvalue weighted by Gasteiger charge is 2.04. The van der Waals surface area contributed by atoms with Crippen LogP contribution in [0.5, 0.6) is 0 Å². The number of benzene rings is 1. The van der Waals surface area contributed by atoms with E-state index in [1.165, 1.54) is 27.5 Å². The molecule has 0 spiro atoms. The summed E-state index contributed by atoms with van der Waals surface area (Å²) >= 11 is 0. The van der Waals surface area contributed by atoms with E-state index >= 15 is 0 Å². The number of aromatic nitrogens is 1. The highest BCUT2D eigenvalue weighted by molar-refractivity contribution is 5.89. The molecular formula is C13H15N. The Morgan fingerprint density at radius 1 is 1.00 bits per heavy atom. The lowest BCUT2D eigenvalue weighted by Gasteiger charge is -2.08. The molecule has 2 rings (SSSR count). The van der Waals surface area contributed by atoms with Crippen LogP contribution in [0, 0.1) is 27.7 Å². The number of hydrogen-bond donors (Lipinski definition) is 0. The molecule has 0 aliphatic heterocycles. The molecule has 1 aromatic carbocycles. The number of fused-ring (bicyclic) bond motifs is 1. The predicted octanol–water partition coefficient (Wildman–Crippen LogP) is 3.47. The summed E-state index contributed by atoms with van der Waals surface area (Å²) in [4.78, 5) is 4.39. The smallest absolute Gasteiger partial charge is 0.0408 e. The van der Waals surface area contributed by atoms with Gasteiger partial charge in [0, 0.05) is 17.3 Å². The van der Waals surface area contributed by atoms with E-state index in [9.17, 15) is 0 Å². The zero-order valence-electron chi connectivity index (χ0n) is 9.18. The minimum Gasteiger partial charge on any atom is -0.261 e. The van der Waals surface area contributed by atoms with Crippen LogP contribution in [0.3, 0.4) is 0 Å². The Morgan fingerprint density at radius 3 is 2.43 bits per heavy atom. The molecule has 0 radical (unpaired) electrons. The molecule has 0 atom stereocenters. The van der Waals surface area contributed by atoms with Gasteiger partial charge < -0.3 is 0 Å². The number of aryl methyl sites for hydroxylation is 4. The zero-order chi connectivity index (χ0) is 10.3. The molecule has 2 aromatic rings. The van der Waals surface area contributed by atoms with Gasteiger partial charge in [0.1, 0.15) is 0 Å². The second-order valence-corrected chi connectivity index (χ2v) is 4.01. The standard InChI is InChI=1S/C13H15N/c1-8-5-9(2)13-10(3)11(4)14-7-12(13)6-8/h5-7H,1-4H3. The number of nitrogens with zero attached hydrogens (tertiary/aromatic N) is 1. The van der Waals surface area contributed by atoms with Crippen molar-refractivity contribution in [2.24, 2.45) is 0 Å². The molecule has 1 aromatic heterocycles. The first-order valence-corrected chi connectivity index (χ1v) is 4.93. The van der Waals surface area contributed by atoms with Gasteiger partial charge in [0.05, 0.1) is 0 Å². The van der Waals surface area contributed by atoms with E-state index in [1.807, 2.05) is 6.20 Å².